The molecule has 110 valence electrons. The first-order valence-electron chi connectivity index (χ1n) is 7.49. The molecule has 0 aliphatic heterocycles. The van der Waals surface area contributed by atoms with E-state index in [0.29, 0.717) is 12.3 Å². The average Bonchev–Trinajstić information content (AvgIpc) is 2.82. The summed E-state index contributed by atoms with van der Waals surface area (Å²) in [6.45, 7) is 4.94. The van der Waals surface area contributed by atoms with Gasteiger partial charge in [-0.15, -0.1) is 0 Å². The quantitative estimate of drug-likeness (QED) is 0.723. The molecule has 1 fully saturated rings. The van der Waals surface area contributed by atoms with Crippen LogP contribution in [0.4, 0.5) is 0 Å². The summed E-state index contributed by atoms with van der Waals surface area (Å²) in [6, 6.07) is 0. The number of hydrogen-bond donors (Lipinski definition) is 1. The average molecular weight is 269 g/mol. The van der Waals surface area contributed by atoms with E-state index in [4.69, 9.17) is 0 Å². The van der Waals surface area contributed by atoms with Crippen molar-refractivity contribution in [2.45, 2.75) is 52.4 Å². The van der Waals surface area contributed by atoms with Crippen LogP contribution in [-0.2, 0) is 9.59 Å². The molecule has 1 N–H and O–H groups in total. The highest BCUT2D eigenvalue weighted by atomic mass is 16.4. The normalized spacial score (nSPS) is 26.4. The van der Waals surface area contributed by atoms with Crippen molar-refractivity contribution < 1.29 is 14.7 Å². The summed E-state index contributed by atoms with van der Waals surface area (Å²) in [5, 5.41) is 9.27. The van der Waals surface area contributed by atoms with E-state index in [1.807, 2.05) is 0 Å². The molecular weight excluding hydrogens is 242 g/mol. The van der Waals surface area contributed by atoms with Gasteiger partial charge in [0, 0.05) is 13.6 Å². The van der Waals surface area contributed by atoms with Crippen LogP contribution in [0.2, 0.25) is 0 Å². The minimum Gasteiger partial charge on any atom is -0.481 e. The van der Waals surface area contributed by atoms with Gasteiger partial charge >= 0.3 is 5.97 Å². The van der Waals surface area contributed by atoms with Crippen LogP contribution in [0.15, 0.2) is 0 Å². The second kappa shape index (κ2) is 7.51. The number of carbonyl (C=O) groups excluding carboxylic acids is 1. The van der Waals surface area contributed by atoms with Crippen LogP contribution in [-0.4, -0.2) is 35.5 Å². The lowest BCUT2D eigenvalue weighted by atomic mass is 9.95. The Labute approximate surface area is 116 Å². The summed E-state index contributed by atoms with van der Waals surface area (Å²) in [7, 11) is 1.80. The van der Waals surface area contributed by atoms with Crippen molar-refractivity contribution in [2.24, 2.45) is 17.8 Å². The minimum atomic E-state index is -0.809. The van der Waals surface area contributed by atoms with Gasteiger partial charge in [-0.3, -0.25) is 9.59 Å². The lowest BCUT2D eigenvalue weighted by Crippen LogP contribution is -2.37. The third-order valence-electron chi connectivity index (χ3n) is 4.35. The fraction of sp³-hybridized carbons (Fsp3) is 0.867. The SMILES string of the molecule is CCCCCN(C)C(=O)[C@H]1CC(CC)C[C@H]1C(=O)O. The molecule has 1 aliphatic carbocycles. The number of amides is 1. The lowest BCUT2D eigenvalue weighted by Gasteiger charge is -2.23. The van der Waals surface area contributed by atoms with E-state index < -0.39 is 11.9 Å². The zero-order valence-corrected chi connectivity index (χ0v) is 12.4. The molecule has 1 aliphatic rings. The van der Waals surface area contributed by atoms with Gasteiger partial charge in [0.05, 0.1) is 11.8 Å². The van der Waals surface area contributed by atoms with E-state index in [-0.39, 0.29) is 11.8 Å². The second-order valence-electron chi connectivity index (χ2n) is 5.76. The fourth-order valence-corrected chi connectivity index (χ4v) is 3.01. The lowest BCUT2D eigenvalue weighted by molar-refractivity contribution is -0.148. The molecule has 0 heterocycles. The van der Waals surface area contributed by atoms with Crippen molar-refractivity contribution in [1.82, 2.24) is 4.90 Å². The Morgan fingerprint density at radius 3 is 2.32 bits per heavy atom. The van der Waals surface area contributed by atoms with Crippen molar-refractivity contribution in [3.8, 4) is 0 Å². The topological polar surface area (TPSA) is 57.6 Å². The van der Waals surface area contributed by atoms with Gasteiger partial charge in [0.25, 0.3) is 0 Å². The molecule has 19 heavy (non-hydrogen) atoms. The maximum absolute atomic E-state index is 12.4. The second-order valence-corrected chi connectivity index (χ2v) is 5.76. The van der Waals surface area contributed by atoms with E-state index in [1.165, 1.54) is 0 Å². The summed E-state index contributed by atoms with van der Waals surface area (Å²) in [4.78, 5) is 25.4. The molecule has 1 rings (SSSR count). The van der Waals surface area contributed by atoms with Crippen LogP contribution >= 0.6 is 0 Å². The Hall–Kier alpha value is -1.06. The van der Waals surface area contributed by atoms with Gasteiger partial charge in [0.2, 0.25) is 5.91 Å². The molecule has 1 unspecified atom stereocenters. The maximum Gasteiger partial charge on any atom is 0.307 e. The first kappa shape index (κ1) is 16.0. The number of carboxylic acids is 1. The van der Waals surface area contributed by atoms with E-state index in [1.54, 1.807) is 11.9 Å². The van der Waals surface area contributed by atoms with Crippen molar-refractivity contribution in [1.29, 1.82) is 0 Å². The molecule has 0 aromatic rings. The van der Waals surface area contributed by atoms with Crippen LogP contribution in [0.25, 0.3) is 0 Å². The Morgan fingerprint density at radius 1 is 1.16 bits per heavy atom. The highest BCUT2D eigenvalue weighted by Crippen LogP contribution is 2.39. The van der Waals surface area contributed by atoms with Crippen molar-refractivity contribution >= 4 is 11.9 Å². The van der Waals surface area contributed by atoms with Crippen molar-refractivity contribution in [3.63, 3.8) is 0 Å². The number of hydrogen-bond acceptors (Lipinski definition) is 2. The molecule has 0 bridgehead atoms. The van der Waals surface area contributed by atoms with Crippen LogP contribution in [0, 0.1) is 17.8 Å². The van der Waals surface area contributed by atoms with E-state index >= 15 is 0 Å². The molecule has 4 nitrogen and oxygen atoms in total. The molecule has 0 radical (unpaired) electrons. The summed E-state index contributed by atoms with van der Waals surface area (Å²) >= 11 is 0. The molecule has 0 spiro atoms. The minimum absolute atomic E-state index is 0.0273. The predicted molar refractivity (Wildman–Crippen MR) is 74.8 cm³/mol. The maximum atomic E-state index is 12.4. The van der Waals surface area contributed by atoms with Crippen LogP contribution < -0.4 is 0 Å². The van der Waals surface area contributed by atoms with Gasteiger partial charge in [0.15, 0.2) is 0 Å². The number of nitrogens with zero attached hydrogens (tertiary/aromatic N) is 1. The van der Waals surface area contributed by atoms with Gasteiger partial charge in [-0.25, -0.2) is 0 Å². The molecule has 4 heteroatoms. The summed E-state index contributed by atoms with van der Waals surface area (Å²) < 4.78 is 0. The first-order valence-corrected chi connectivity index (χ1v) is 7.49. The molecule has 1 saturated carbocycles. The van der Waals surface area contributed by atoms with Crippen molar-refractivity contribution in [2.75, 3.05) is 13.6 Å². The summed E-state index contributed by atoms with van der Waals surface area (Å²) in [5.41, 5.74) is 0. The van der Waals surface area contributed by atoms with Crippen LogP contribution in [0.3, 0.4) is 0 Å². The Balaban J connectivity index is 2.60. The smallest absolute Gasteiger partial charge is 0.307 e. The van der Waals surface area contributed by atoms with Gasteiger partial charge in [-0.05, 0) is 25.2 Å². The standard InChI is InChI=1S/C15H27NO3/c1-4-6-7-8-16(3)14(17)12-9-11(5-2)10-13(12)15(18)19/h11-13H,4-10H2,1-3H3,(H,18,19)/t11?,12-,13+/m0/s1. The third-order valence-corrected chi connectivity index (χ3v) is 4.35. The predicted octanol–water partition coefficient (Wildman–Crippen LogP) is 2.77. The van der Waals surface area contributed by atoms with Gasteiger partial charge in [-0.1, -0.05) is 33.1 Å². The number of aliphatic carboxylic acids is 1. The Bertz CT molecular complexity index is 317. The van der Waals surface area contributed by atoms with E-state index in [2.05, 4.69) is 13.8 Å². The molecule has 3 atom stereocenters. The van der Waals surface area contributed by atoms with E-state index in [9.17, 15) is 14.7 Å². The number of unbranched alkanes of at least 4 members (excludes halogenated alkanes) is 2. The molecule has 0 aromatic heterocycles. The van der Waals surface area contributed by atoms with Crippen LogP contribution in [0.5, 0.6) is 0 Å². The number of carboxylic acid groups (broad SMARTS) is 1. The summed E-state index contributed by atoms with van der Waals surface area (Å²) in [6.07, 6.45) is 5.60. The Morgan fingerprint density at radius 2 is 1.79 bits per heavy atom. The first-order chi connectivity index (χ1) is 9.01. The van der Waals surface area contributed by atoms with E-state index in [0.717, 1.165) is 38.6 Å². The largest absolute Gasteiger partial charge is 0.481 e. The van der Waals surface area contributed by atoms with Crippen molar-refractivity contribution in [3.05, 3.63) is 0 Å². The van der Waals surface area contributed by atoms with Crippen LogP contribution in [0.1, 0.15) is 52.4 Å². The zero-order chi connectivity index (χ0) is 14.4. The fourth-order valence-electron chi connectivity index (χ4n) is 3.01. The highest BCUT2D eigenvalue weighted by molar-refractivity contribution is 5.85. The number of rotatable bonds is 7. The van der Waals surface area contributed by atoms with Gasteiger partial charge in [0.1, 0.15) is 0 Å². The Kier molecular flexibility index (Phi) is 6.32. The highest BCUT2D eigenvalue weighted by Gasteiger charge is 2.42. The molecule has 1 amide bonds. The van der Waals surface area contributed by atoms with Gasteiger partial charge < -0.3 is 10.0 Å². The molecule has 0 aromatic carbocycles. The monoisotopic (exact) mass is 269 g/mol. The molecule has 0 saturated heterocycles. The molecular formula is C15H27NO3. The van der Waals surface area contributed by atoms with Gasteiger partial charge in [-0.2, -0.15) is 0 Å². The zero-order valence-electron chi connectivity index (χ0n) is 12.4. The number of carbonyl (C=O) groups is 2. The third kappa shape index (κ3) is 4.22. The summed E-state index contributed by atoms with van der Waals surface area (Å²) in [5.74, 6) is -1.19.